The number of hydrogen-bond acceptors (Lipinski definition) is 3. The summed E-state index contributed by atoms with van der Waals surface area (Å²) in [6.45, 7) is -0.193. The third-order valence-electron chi connectivity index (χ3n) is 4.50. The highest BCUT2D eigenvalue weighted by Crippen LogP contribution is 2.25. The molecular formula is C20H22F3NO2. The van der Waals surface area contributed by atoms with E-state index in [1.165, 1.54) is 6.07 Å². The maximum atomic E-state index is 13.6. The van der Waals surface area contributed by atoms with Gasteiger partial charge in [-0.25, -0.2) is 4.39 Å². The summed E-state index contributed by atoms with van der Waals surface area (Å²) in [4.78, 5) is 2.20. The van der Waals surface area contributed by atoms with Gasteiger partial charge in [0, 0.05) is 24.6 Å². The van der Waals surface area contributed by atoms with Crippen molar-refractivity contribution in [2.75, 3.05) is 19.7 Å². The van der Waals surface area contributed by atoms with Crippen LogP contribution >= 0.6 is 0 Å². The van der Waals surface area contributed by atoms with Crippen molar-refractivity contribution in [2.45, 2.75) is 26.0 Å². The molecule has 1 unspecified atom stereocenters. The van der Waals surface area contributed by atoms with Gasteiger partial charge in [-0.05, 0) is 37.6 Å². The molecule has 2 aromatic rings. The number of ether oxygens (including phenoxy) is 2. The lowest BCUT2D eigenvalue weighted by Gasteiger charge is -2.33. The Labute approximate surface area is 151 Å². The minimum Gasteiger partial charge on any atom is -0.490 e. The molecule has 0 spiro atoms. The zero-order chi connectivity index (χ0) is 18.4. The Balaban J connectivity index is 1.56. The highest BCUT2D eigenvalue weighted by Gasteiger charge is 2.22. The molecule has 3 rings (SSSR count). The molecule has 0 aromatic heterocycles. The van der Waals surface area contributed by atoms with Crippen LogP contribution in [-0.4, -0.2) is 31.2 Å². The molecule has 140 valence electrons. The zero-order valence-corrected chi connectivity index (χ0v) is 14.4. The summed E-state index contributed by atoms with van der Waals surface area (Å²) in [6, 6.07) is 13.2. The standard InChI is InChI=1S/C20H22F3NO2/c21-17-8-2-4-10-19(17)25-14-15-6-5-11-24(12-15)13-16-7-1-3-9-18(16)26-20(22)23/h1-4,7-10,15,20H,5-6,11-14H2. The maximum absolute atomic E-state index is 13.6. The number of rotatable bonds is 7. The molecule has 0 radical (unpaired) electrons. The Bertz CT molecular complexity index is 711. The number of benzene rings is 2. The molecule has 2 aromatic carbocycles. The van der Waals surface area contributed by atoms with Crippen molar-refractivity contribution >= 4 is 0 Å². The number of halogens is 3. The number of nitrogens with zero attached hydrogens (tertiary/aromatic N) is 1. The van der Waals surface area contributed by atoms with E-state index in [1.54, 1.807) is 36.4 Å². The molecule has 1 heterocycles. The van der Waals surface area contributed by atoms with Gasteiger partial charge in [-0.3, -0.25) is 4.90 Å². The average molecular weight is 365 g/mol. The predicted molar refractivity (Wildman–Crippen MR) is 93.0 cm³/mol. The third kappa shape index (κ3) is 5.14. The first-order valence-electron chi connectivity index (χ1n) is 8.74. The number of para-hydroxylation sites is 2. The molecule has 0 aliphatic carbocycles. The van der Waals surface area contributed by atoms with Crippen LogP contribution in [0.3, 0.4) is 0 Å². The highest BCUT2D eigenvalue weighted by molar-refractivity contribution is 5.33. The molecule has 26 heavy (non-hydrogen) atoms. The van der Waals surface area contributed by atoms with E-state index in [4.69, 9.17) is 4.74 Å². The maximum Gasteiger partial charge on any atom is 0.387 e. The molecule has 0 bridgehead atoms. The molecular weight excluding hydrogens is 343 g/mol. The summed E-state index contributed by atoms with van der Waals surface area (Å²) in [5.74, 6) is 0.386. The van der Waals surface area contributed by atoms with Crippen LogP contribution in [0.5, 0.6) is 11.5 Å². The van der Waals surface area contributed by atoms with Crippen LogP contribution in [0.15, 0.2) is 48.5 Å². The van der Waals surface area contributed by atoms with Crippen LogP contribution in [0.4, 0.5) is 13.2 Å². The summed E-state index contributed by atoms with van der Waals surface area (Å²) < 4.78 is 49.0. The highest BCUT2D eigenvalue weighted by atomic mass is 19.3. The Hall–Kier alpha value is -2.21. The lowest BCUT2D eigenvalue weighted by atomic mass is 9.98. The Morgan fingerprint density at radius 2 is 1.77 bits per heavy atom. The molecule has 1 aliphatic rings. The van der Waals surface area contributed by atoms with E-state index >= 15 is 0 Å². The normalized spacial score (nSPS) is 18.1. The number of alkyl halides is 2. The molecule has 0 saturated carbocycles. The smallest absolute Gasteiger partial charge is 0.387 e. The molecule has 1 atom stereocenters. The van der Waals surface area contributed by atoms with E-state index in [9.17, 15) is 13.2 Å². The molecule has 1 saturated heterocycles. The summed E-state index contributed by atoms with van der Waals surface area (Å²) in [5.41, 5.74) is 0.739. The first-order chi connectivity index (χ1) is 12.6. The van der Waals surface area contributed by atoms with Gasteiger partial charge in [-0.15, -0.1) is 0 Å². The number of likely N-dealkylation sites (tertiary alicyclic amines) is 1. The Morgan fingerprint density at radius 3 is 2.54 bits per heavy atom. The van der Waals surface area contributed by atoms with Gasteiger partial charge in [0.1, 0.15) is 5.75 Å². The molecule has 6 heteroatoms. The van der Waals surface area contributed by atoms with Crippen molar-refractivity contribution in [2.24, 2.45) is 5.92 Å². The summed E-state index contributed by atoms with van der Waals surface area (Å²) in [6.07, 6.45) is 1.99. The quantitative estimate of drug-likeness (QED) is 0.709. The van der Waals surface area contributed by atoms with Crippen molar-refractivity contribution in [3.8, 4) is 11.5 Å². The van der Waals surface area contributed by atoms with Crippen LogP contribution in [0.2, 0.25) is 0 Å². The van der Waals surface area contributed by atoms with E-state index in [2.05, 4.69) is 9.64 Å². The van der Waals surface area contributed by atoms with Crippen molar-refractivity contribution in [3.63, 3.8) is 0 Å². The van der Waals surface area contributed by atoms with Gasteiger partial charge in [-0.2, -0.15) is 8.78 Å². The van der Waals surface area contributed by atoms with E-state index in [-0.39, 0.29) is 23.2 Å². The fraction of sp³-hybridized carbons (Fsp3) is 0.400. The SMILES string of the molecule is Fc1ccccc1OCC1CCCN(Cc2ccccc2OC(F)F)C1. The molecule has 1 fully saturated rings. The lowest BCUT2D eigenvalue weighted by Crippen LogP contribution is -2.37. The van der Waals surface area contributed by atoms with Gasteiger partial charge in [0.2, 0.25) is 0 Å². The predicted octanol–water partition coefficient (Wildman–Crippen LogP) is 4.72. The van der Waals surface area contributed by atoms with E-state index in [0.717, 1.165) is 31.5 Å². The fourth-order valence-electron chi connectivity index (χ4n) is 3.29. The molecule has 0 N–H and O–H groups in total. The minimum absolute atomic E-state index is 0.215. The third-order valence-corrected chi connectivity index (χ3v) is 4.50. The Kier molecular flexibility index (Phi) is 6.39. The first-order valence-corrected chi connectivity index (χ1v) is 8.74. The van der Waals surface area contributed by atoms with Crippen LogP contribution in [0, 0.1) is 11.7 Å². The topological polar surface area (TPSA) is 21.7 Å². The van der Waals surface area contributed by atoms with Gasteiger partial charge in [0.15, 0.2) is 11.6 Å². The lowest BCUT2D eigenvalue weighted by molar-refractivity contribution is -0.0508. The average Bonchev–Trinajstić information content (AvgIpc) is 2.63. The van der Waals surface area contributed by atoms with Crippen LogP contribution < -0.4 is 9.47 Å². The first kappa shape index (κ1) is 18.6. The number of hydrogen-bond donors (Lipinski definition) is 0. The van der Waals surface area contributed by atoms with Gasteiger partial charge in [0.25, 0.3) is 0 Å². The van der Waals surface area contributed by atoms with Crippen molar-refractivity contribution in [1.82, 2.24) is 4.90 Å². The monoisotopic (exact) mass is 365 g/mol. The van der Waals surface area contributed by atoms with Crippen molar-refractivity contribution in [3.05, 3.63) is 59.9 Å². The second kappa shape index (κ2) is 8.94. The largest absolute Gasteiger partial charge is 0.490 e. The zero-order valence-electron chi connectivity index (χ0n) is 14.4. The van der Waals surface area contributed by atoms with Crippen molar-refractivity contribution in [1.29, 1.82) is 0 Å². The minimum atomic E-state index is -2.83. The molecule has 1 aliphatic heterocycles. The Morgan fingerprint density at radius 1 is 1.04 bits per heavy atom. The van der Waals surface area contributed by atoms with Gasteiger partial charge in [0.05, 0.1) is 6.61 Å². The van der Waals surface area contributed by atoms with Crippen molar-refractivity contribution < 1.29 is 22.6 Å². The van der Waals surface area contributed by atoms with Crippen LogP contribution in [0.1, 0.15) is 18.4 Å². The van der Waals surface area contributed by atoms with Gasteiger partial charge < -0.3 is 9.47 Å². The van der Waals surface area contributed by atoms with E-state index in [1.807, 2.05) is 6.07 Å². The van der Waals surface area contributed by atoms with Gasteiger partial charge >= 0.3 is 6.61 Å². The second-order valence-corrected chi connectivity index (χ2v) is 6.47. The summed E-state index contributed by atoms with van der Waals surface area (Å²) >= 11 is 0. The van der Waals surface area contributed by atoms with E-state index in [0.29, 0.717) is 13.2 Å². The fourth-order valence-corrected chi connectivity index (χ4v) is 3.29. The van der Waals surface area contributed by atoms with Crippen LogP contribution in [-0.2, 0) is 6.54 Å². The van der Waals surface area contributed by atoms with Crippen LogP contribution in [0.25, 0.3) is 0 Å². The van der Waals surface area contributed by atoms with Gasteiger partial charge in [-0.1, -0.05) is 30.3 Å². The molecule has 3 nitrogen and oxygen atoms in total. The summed E-state index contributed by atoms with van der Waals surface area (Å²) in [7, 11) is 0. The summed E-state index contributed by atoms with van der Waals surface area (Å²) in [5, 5.41) is 0. The number of piperidine rings is 1. The molecule has 0 amide bonds. The second-order valence-electron chi connectivity index (χ2n) is 6.47. The van der Waals surface area contributed by atoms with E-state index < -0.39 is 6.61 Å².